The Kier molecular flexibility index (Phi) is 2.68. The average molecular weight is 239 g/mol. The Bertz CT molecular complexity index is 625. The van der Waals surface area contributed by atoms with E-state index in [1.165, 1.54) is 5.56 Å². The number of pyridine rings is 1. The molecule has 3 aromatic rings. The second kappa shape index (κ2) is 4.49. The Morgan fingerprint density at radius 3 is 2.67 bits per heavy atom. The van der Waals surface area contributed by atoms with Crippen molar-refractivity contribution in [3.8, 4) is 5.75 Å². The van der Waals surface area contributed by atoms with E-state index in [0.29, 0.717) is 5.75 Å². The first-order valence-electron chi connectivity index (χ1n) is 5.88. The van der Waals surface area contributed by atoms with Crippen molar-refractivity contribution in [2.75, 3.05) is 0 Å². The lowest BCUT2D eigenvalue weighted by atomic mass is 10.1. The van der Waals surface area contributed by atoms with Crippen LogP contribution in [0, 0.1) is 0 Å². The number of benzene rings is 1. The summed E-state index contributed by atoms with van der Waals surface area (Å²) in [5.74, 6) is 1.26. The van der Waals surface area contributed by atoms with Crippen molar-refractivity contribution >= 4 is 11.0 Å². The van der Waals surface area contributed by atoms with Crippen LogP contribution in [0.5, 0.6) is 5.75 Å². The highest BCUT2D eigenvalue weighted by Crippen LogP contribution is 2.13. The molecule has 2 aromatic heterocycles. The maximum Gasteiger partial charge on any atom is 0.115 e. The van der Waals surface area contributed by atoms with Crippen LogP contribution in [0.15, 0.2) is 42.7 Å². The van der Waals surface area contributed by atoms with E-state index in [9.17, 15) is 5.11 Å². The summed E-state index contributed by atoms with van der Waals surface area (Å²) in [6.45, 7) is 0. The van der Waals surface area contributed by atoms with Crippen LogP contribution in [-0.2, 0) is 12.8 Å². The van der Waals surface area contributed by atoms with Crippen molar-refractivity contribution in [3.63, 3.8) is 0 Å². The highest BCUT2D eigenvalue weighted by atomic mass is 16.3. The van der Waals surface area contributed by atoms with Crippen LogP contribution in [-0.4, -0.2) is 20.1 Å². The molecule has 0 atom stereocenters. The molecule has 90 valence electrons. The Morgan fingerprint density at radius 2 is 1.89 bits per heavy atom. The highest BCUT2D eigenvalue weighted by Gasteiger charge is 2.02. The van der Waals surface area contributed by atoms with Crippen molar-refractivity contribution in [3.05, 3.63) is 54.1 Å². The maximum atomic E-state index is 9.21. The summed E-state index contributed by atoms with van der Waals surface area (Å²) in [5, 5.41) is 9.21. The number of phenols is 1. The van der Waals surface area contributed by atoms with E-state index in [0.717, 1.165) is 29.7 Å². The molecule has 0 saturated carbocycles. The number of hydrogen-bond donors (Lipinski definition) is 2. The summed E-state index contributed by atoms with van der Waals surface area (Å²) >= 11 is 0. The van der Waals surface area contributed by atoms with Crippen LogP contribution in [0.4, 0.5) is 0 Å². The predicted octanol–water partition coefficient (Wildman–Crippen LogP) is 2.45. The van der Waals surface area contributed by atoms with Gasteiger partial charge in [-0.3, -0.25) is 4.98 Å². The number of H-pyrrole nitrogens is 1. The number of aryl methyl sites for hydroxylation is 2. The quantitative estimate of drug-likeness (QED) is 0.738. The molecule has 1 aromatic carbocycles. The molecule has 0 bridgehead atoms. The lowest BCUT2D eigenvalue weighted by Gasteiger charge is -1.99. The number of hydrogen-bond acceptors (Lipinski definition) is 3. The molecule has 2 N–H and O–H groups in total. The van der Waals surface area contributed by atoms with E-state index in [4.69, 9.17) is 0 Å². The number of aromatic nitrogens is 3. The summed E-state index contributed by atoms with van der Waals surface area (Å²) < 4.78 is 0. The fraction of sp³-hybridized carbons (Fsp3) is 0.143. The summed E-state index contributed by atoms with van der Waals surface area (Å²) in [7, 11) is 0. The van der Waals surface area contributed by atoms with E-state index >= 15 is 0 Å². The van der Waals surface area contributed by atoms with Crippen molar-refractivity contribution in [1.29, 1.82) is 0 Å². The molecule has 4 heteroatoms. The molecule has 0 saturated heterocycles. The van der Waals surface area contributed by atoms with Crippen molar-refractivity contribution < 1.29 is 5.11 Å². The number of nitrogens with one attached hydrogen (secondary N) is 1. The molecule has 18 heavy (non-hydrogen) atoms. The first-order valence-corrected chi connectivity index (χ1v) is 5.88. The number of aromatic hydroxyl groups is 1. The molecule has 0 spiro atoms. The van der Waals surface area contributed by atoms with Crippen LogP contribution in [0.25, 0.3) is 11.0 Å². The smallest absolute Gasteiger partial charge is 0.115 e. The predicted molar refractivity (Wildman–Crippen MR) is 69.4 cm³/mol. The molecule has 0 aliphatic rings. The third kappa shape index (κ3) is 2.18. The lowest BCUT2D eigenvalue weighted by molar-refractivity contribution is 0.475. The van der Waals surface area contributed by atoms with Gasteiger partial charge in [-0.1, -0.05) is 12.1 Å². The maximum absolute atomic E-state index is 9.21. The second-order valence-corrected chi connectivity index (χ2v) is 4.24. The number of fused-ring (bicyclic) bond motifs is 1. The fourth-order valence-electron chi connectivity index (χ4n) is 1.95. The van der Waals surface area contributed by atoms with Crippen LogP contribution in [0.1, 0.15) is 11.4 Å². The van der Waals surface area contributed by atoms with Gasteiger partial charge in [-0.15, -0.1) is 0 Å². The van der Waals surface area contributed by atoms with Gasteiger partial charge in [0.15, 0.2) is 0 Å². The molecule has 0 aliphatic heterocycles. The third-order valence-electron chi connectivity index (χ3n) is 2.92. The van der Waals surface area contributed by atoms with Gasteiger partial charge in [0.2, 0.25) is 0 Å². The van der Waals surface area contributed by atoms with Crippen LogP contribution >= 0.6 is 0 Å². The minimum absolute atomic E-state index is 0.300. The summed E-state index contributed by atoms with van der Waals surface area (Å²) in [5.41, 5.74) is 3.11. The molecule has 0 unspecified atom stereocenters. The summed E-state index contributed by atoms with van der Waals surface area (Å²) in [4.78, 5) is 11.8. The van der Waals surface area contributed by atoms with Crippen LogP contribution in [0.2, 0.25) is 0 Å². The lowest BCUT2D eigenvalue weighted by Crippen LogP contribution is -1.92. The molecular formula is C14H13N3O. The van der Waals surface area contributed by atoms with Gasteiger partial charge in [0.05, 0.1) is 17.2 Å². The van der Waals surface area contributed by atoms with Gasteiger partial charge in [-0.2, -0.15) is 0 Å². The largest absolute Gasteiger partial charge is 0.508 e. The molecule has 0 fully saturated rings. The first kappa shape index (κ1) is 10.8. The minimum Gasteiger partial charge on any atom is -0.508 e. The minimum atomic E-state index is 0.300. The van der Waals surface area contributed by atoms with Crippen molar-refractivity contribution in [2.24, 2.45) is 0 Å². The van der Waals surface area contributed by atoms with E-state index in [1.54, 1.807) is 24.5 Å². The second-order valence-electron chi connectivity index (χ2n) is 4.24. The van der Waals surface area contributed by atoms with Gasteiger partial charge >= 0.3 is 0 Å². The zero-order valence-corrected chi connectivity index (χ0v) is 9.80. The first-order chi connectivity index (χ1) is 8.81. The summed E-state index contributed by atoms with van der Waals surface area (Å²) in [6.07, 6.45) is 5.27. The Labute approximate surface area is 104 Å². The monoisotopic (exact) mass is 239 g/mol. The molecule has 3 rings (SSSR count). The number of aromatic amines is 1. The topological polar surface area (TPSA) is 61.8 Å². The Balaban J connectivity index is 1.74. The Hall–Kier alpha value is -2.36. The zero-order chi connectivity index (χ0) is 12.4. The molecule has 0 radical (unpaired) electrons. The van der Waals surface area contributed by atoms with Gasteiger partial charge in [0, 0.05) is 12.6 Å². The average Bonchev–Trinajstić information content (AvgIpc) is 2.81. The van der Waals surface area contributed by atoms with Gasteiger partial charge < -0.3 is 10.1 Å². The van der Waals surface area contributed by atoms with E-state index in [-0.39, 0.29) is 0 Å². The third-order valence-corrected chi connectivity index (χ3v) is 2.92. The van der Waals surface area contributed by atoms with Crippen molar-refractivity contribution in [1.82, 2.24) is 15.0 Å². The fourth-order valence-corrected chi connectivity index (χ4v) is 1.95. The van der Waals surface area contributed by atoms with Crippen molar-refractivity contribution in [2.45, 2.75) is 12.8 Å². The highest BCUT2D eigenvalue weighted by molar-refractivity contribution is 5.73. The number of rotatable bonds is 3. The molecule has 2 heterocycles. The van der Waals surface area contributed by atoms with Gasteiger partial charge in [0.1, 0.15) is 11.6 Å². The summed E-state index contributed by atoms with van der Waals surface area (Å²) in [6, 6.07) is 9.17. The standard InChI is InChI=1S/C14H13N3O/c18-11-4-1-10(2-5-11)3-6-14-16-12-7-8-15-9-13(12)17-14/h1-2,4-5,7-9,18H,3,6H2,(H,16,17). The number of phenolic OH excluding ortho intramolecular Hbond substituents is 1. The van der Waals surface area contributed by atoms with Crippen LogP contribution in [0.3, 0.4) is 0 Å². The van der Waals surface area contributed by atoms with Crippen LogP contribution < -0.4 is 0 Å². The van der Waals surface area contributed by atoms with Gasteiger partial charge in [-0.05, 0) is 30.2 Å². The van der Waals surface area contributed by atoms with E-state index < -0.39 is 0 Å². The number of nitrogens with zero attached hydrogens (tertiary/aromatic N) is 2. The number of imidazole rings is 1. The molecule has 0 amide bonds. The van der Waals surface area contributed by atoms with E-state index in [1.807, 2.05) is 18.2 Å². The van der Waals surface area contributed by atoms with Gasteiger partial charge in [-0.25, -0.2) is 4.98 Å². The zero-order valence-electron chi connectivity index (χ0n) is 9.80. The molecule has 0 aliphatic carbocycles. The Morgan fingerprint density at radius 1 is 1.06 bits per heavy atom. The molecule has 4 nitrogen and oxygen atoms in total. The van der Waals surface area contributed by atoms with Gasteiger partial charge in [0.25, 0.3) is 0 Å². The normalized spacial score (nSPS) is 10.9. The SMILES string of the molecule is Oc1ccc(CCc2nc3ccncc3[nH]2)cc1. The molecular weight excluding hydrogens is 226 g/mol. The van der Waals surface area contributed by atoms with E-state index in [2.05, 4.69) is 15.0 Å².